The SMILES string of the molecule is CC1C=NNC1c1ncccc1COc1c[nH]c(=O)cc1C=O. The number of hydrazone groups is 1. The van der Waals surface area contributed by atoms with Crippen LogP contribution < -0.4 is 15.7 Å². The number of aromatic amines is 1. The molecule has 118 valence electrons. The lowest BCUT2D eigenvalue weighted by atomic mass is 9.98. The fourth-order valence-electron chi connectivity index (χ4n) is 2.45. The van der Waals surface area contributed by atoms with Gasteiger partial charge in [0.2, 0.25) is 5.56 Å². The third-order valence-corrected chi connectivity index (χ3v) is 3.70. The topological polar surface area (TPSA) is 96.4 Å². The van der Waals surface area contributed by atoms with Crippen LogP contribution in [0.25, 0.3) is 0 Å². The number of aromatic nitrogens is 2. The molecule has 3 heterocycles. The van der Waals surface area contributed by atoms with Gasteiger partial charge < -0.3 is 15.1 Å². The molecule has 2 aromatic heterocycles. The standard InChI is InChI=1S/C16H16N4O3/c1-10-6-19-20-15(10)16-11(3-2-4-17-16)9-23-13-7-18-14(22)5-12(13)8-21/h2-8,10,15,20H,9H2,1H3,(H,18,22). The summed E-state index contributed by atoms with van der Waals surface area (Å²) in [6.45, 7) is 2.29. The second kappa shape index (κ2) is 6.43. The van der Waals surface area contributed by atoms with E-state index < -0.39 is 0 Å². The number of carbonyl (C=O) groups excluding carboxylic acids is 1. The molecule has 7 nitrogen and oxygen atoms in total. The Labute approximate surface area is 132 Å². The Hall–Kier alpha value is -2.96. The van der Waals surface area contributed by atoms with Crippen LogP contribution in [0.5, 0.6) is 5.75 Å². The van der Waals surface area contributed by atoms with Crippen molar-refractivity contribution in [3.63, 3.8) is 0 Å². The highest BCUT2D eigenvalue weighted by Crippen LogP contribution is 2.26. The molecule has 2 N–H and O–H groups in total. The average molecular weight is 312 g/mol. The van der Waals surface area contributed by atoms with E-state index in [-0.39, 0.29) is 29.7 Å². The molecule has 0 aliphatic carbocycles. The van der Waals surface area contributed by atoms with Gasteiger partial charge in [-0.25, -0.2) is 0 Å². The minimum atomic E-state index is -0.345. The summed E-state index contributed by atoms with van der Waals surface area (Å²) < 4.78 is 5.69. The molecular formula is C16H16N4O3. The molecule has 0 saturated heterocycles. The fraction of sp³-hybridized carbons (Fsp3) is 0.250. The third kappa shape index (κ3) is 3.13. The van der Waals surface area contributed by atoms with E-state index in [1.165, 1.54) is 12.3 Å². The maximum atomic E-state index is 11.2. The molecule has 23 heavy (non-hydrogen) atoms. The van der Waals surface area contributed by atoms with Crippen LogP contribution in [0.4, 0.5) is 0 Å². The average Bonchev–Trinajstić information content (AvgIpc) is 2.99. The second-order valence-electron chi connectivity index (χ2n) is 5.32. The highest BCUT2D eigenvalue weighted by molar-refractivity contribution is 5.78. The normalized spacial score (nSPS) is 19.3. The summed E-state index contributed by atoms with van der Waals surface area (Å²) in [6, 6.07) is 4.95. The summed E-state index contributed by atoms with van der Waals surface area (Å²) in [7, 11) is 0. The maximum Gasteiger partial charge on any atom is 0.248 e. The van der Waals surface area contributed by atoms with Crippen LogP contribution in [0.1, 0.15) is 34.6 Å². The van der Waals surface area contributed by atoms with Crippen LogP contribution in [-0.2, 0) is 6.61 Å². The van der Waals surface area contributed by atoms with Crippen molar-refractivity contribution in [3.05, 3.63) is 57.8 Å². The lowest BCUT2D eigenvalue weighted by Crippen LogP contribution is -2.20. The van der Waals surface area contributed by atoms with E-state index in [0.29, 0.717) is 12.0 Å². The van der Waals surface area contributed by atoms with Gasteiger partial charge in [-0.2, -0.15) is 5.10 Å². The largest absolute Gasteiger partial charge is 0.487 e. The van der Waals surface area contributed by atoms with Crippen LogP contribution in [0.3, 0.4) is 0 Å². The van der Waals surface area contributed by atoms with Crippen molar-refractivity contribution in [2.24, 2.45) is 11.0 Å². The highest BCUT2D eigenvalue weighted by atomic mass is 16.5. The number of ether oxygens (including phenoxy) is 1. The van der Waals surface area contributed by atoms with E-state index in [1.54, 1.807) is 6.20 Å². The van der Waals surface area contributed by atoms with Crippen molar-refractivity contribution in [3.8, 4) is 5.75 Å². The maximum absolute atomic E-state index is 11.2. The van der Waals surface area contributed by atoms with Gasteiger partial charge in [0.25, 0.3) is 0 Å². The number of nitrogens with one attached hydrogen (secondary N) is 2. The summed E-state index contributed by atoms with van der Waals surface area (Å²) in [6.07, 6.45) is 5.56. The van der Waals surface area contributed by atoms with Gasteiger partial charge in [0.15, 0.2) is 6.29 Å². The molecule has 0 aromatic carbocycles. The molecule has 0 radical (unpaired) electrons. The molecule has 7 heteroatoms. The van der Waals surface area contributed by atoms with Crippen LogP contribution in [0.2, 0.25) is 0 Å². The summed E-state index contributed by atoms with van der Waals surface area (Å²) in [5.41, 5.74) is 4.66. The summed E-state index contributed by atoms with van der Waals surface area (Å²) in [4.78, 5) is 29.2. The predicted molar refractivity (Wildman–Crippen MR) is 84.6 cm³/mol. The number of carbonyl (C=O) groups is 1. The van der Waals surface area contributed by atoms with Crippen molar-refractivity contribution >= 4 is 12.5 Å². The molecule has 0 bridgehead atoms. The first-order valence-electron chi connectivity index (χ1n) is 7.22. The third-order valence-electron chi connectivity index (χ3n) is 3.70. The molecule has 0 fully saturated rings. The number of pyridine rings is 2. The van der Waals surface area contributed by atoms with Crippen molar-refractivity contribution in [1.82, 2.24) is 15.4 Å². The molecule has 2 atom stereocenters. The van der Waals surface area contributed by atoms with Gasteiger partial charge in [-0.05, 0) is 6.07 Å². The van der Waals surface area contributed by atoms with Crippen LogP contribution >= 0.6 is 0 Å². The van der Waals surface area contributed by atoms with Gasteiger partial charge in [-0.15, -0.1) is 0 Å². The molecule has 0 amide bonds. The van der Waals surface area contributed by atoms with Crippen molar-refractivity contribution in [1.29, 1.82) is 0 Å². The van der Waals surface area contributed by atoms with Gasteiger partial charge in [-0.3, -0.25) is 14.6 Å². The Morgan fingerprint density at radius 1 is 1.43 bits per heavy atom. The van der Waals surface area contributed by atoms with Crippen molar-refractivity contribution in [2.75, 3.05) is 0 Å². The lowest BCUT2D eigenvalue weighted by Gasteiger charge is -2.18. The Morgan fingerprint density at radius 3 is 3.04 bits per heavy atom. The molecule has 3 rings (SSSR count). The second-order valence-corrected chi connectivity index (χ2v) is 5.32. The Balaban J connectivity index is 1.82. The monoisotopic (exact) mass is 312 g/mol. The van der Waals surface area contributed by atoms with Gasteiger partial charge in [0.1, 0.15) is 12.4 Å². The van der Waals surface area contributed by atoms with Gasteiger partial charge >= 0.3 is 0 Å². The number of hydrogen-bond donors (Lipinski definition) is 2. The quantitative estimate of drug-likeness (QED) is 0.814. The summed E-state index contributed by atoms with van der Waals surface area (Å²) >= 11 is 0. The van der Waals surface area contributed by atoms with E-state index >= 15 is 0 Å². The Morgan fingerprint density at radius 2 is 2.30 bits per heavy atom. The highest BCUT2D eigenvalue weighted by Gasteiger charge is 2.25. The van der Waals surface area contributed by atoms with E-state index in [0.717, 1.165) is 11.3 Å². The van der Waals surface area contributed by atoms with Crippen LogP contribution in [0.15, 0.2) is 40.5 Å². The number of H-pyrrole nitrogens is 1. The molecule has 1 aliphatic rings. The number of aldehydes is 1. The minimum Gasteiger partial charge on any atom is -0.487 e. The number of rotatable bonds is 5. The van der Waals surface area contributed by atoms with E-state index in [1.807, 2.05) is 18.3 Å². The first-order chi connectivity index (χ1) is 11.2. The zero-order valence-corrected chi connectivity index (χ0v) is 12.5. The zero-order chi connectivity index (χ0) is 16.2. The van der Waals surface area contributed by atoms with E-state index in [2.05, 4.69) is 27.4 Å². The van der Waals surface area contributed by atoms with Gasteiger partial charge in [-0.1, -0.05) is 13.0 Å². The molecule has 1 aliphatic heterocycles. The van der Waals surface area contributed by atoms with E-state index in [4.69, 9.17) is 4.74 Å². The van der Waals surface area contributed by atoms with E-state index in [9.17, 15) is 9.59 Å². The first kappa shape index (κ1) is 15.0. The zero-order valence-electron chi connectivity index (χ0n) is 12.5. The summed E-state index contributed by atoms with van der Waals surface area (Å²) in [5, 5.41) is 4.08. The molecule has 2 aromatic rings. The Kier molecular flexibility index (Phi) is 4.18. The predicted octanol–water partition coefficient (Wildman–Crippen LogP) is 1.43. The fourth-order valence-corrected chi connectivity index (χ4v) is 2.45. The van der Waals surface area contributed by atoms with Crippen LogP contribution in [-0.4, -0.2) is 22.5 Å². The Bertz CT molecular complexity index is 800. The van der Waals surface area contributed by atoms with Crippen molar-refractivity contribution in [2.45, 2.75) is 19.6 Å². The molecular weight excluding hydrogens is 296 g/mol. The molecule has 0 spiro atoms. The molecule has 0 saturated carbocycles. The smallest absolute Gasteiger partial charge is 0.248 e. The van der Waals surface area contributed by atoms with Gasteiger partial charge in [0.05, 0.1) is 17.3 Å². The van der Waals surface area contributed by atoms with Crippen LogP contribution in [0, 0.1) is 5.92 Å². The van der Waals surface area contributed by atoms with Gasteiger partial charge in [0, 0.05) is 36.2 Å². The summed E-state index contributed by atoms with van der Waals surface area (Å²) in [5.74, 6) is 0.556. The minimum absolute atomic E-state index is 0.00378. The molecule has 2 unspecified atom stereocenters. The number of nitrogens with zero attached hydrogens (tertiary/aromatic N) is 2. The lowest BCUT2D eigenvalue weighted by molar-refractivity contribution is 0.111. The first-order valence-corrected chi connectivity index (χ1v) is 7.22. The number of hydrogen-bond acceptors (Lipinski definition) is 6. The van der Waals surface area contributed by atoms with Crippen molar-refractivity contribution < 1.29 is 9.53 Å².